The molecule has 0 unspecified atom stereocenters. The van der Waals surface area contributed by atoms with Crippen LogP contribution in [0.3, 0.4) is 0 Å². The van der Waals surface area contributed by atoms with Gasteiger partial charge >= 0.3 is 0 Å². The molecule has 1 fully saturated rings. The molecule has 7 nitrogen and oxygen atoms in total. The number of hydrogen-bond acceptors (Lipinski definition) is 6. The number of anilines is 1. The highest BCUT2D eigenvalue weighted by Gasteiger charge is 2.28. The van der Waals surface area contributed by atoms with E-state index in [4.69, 9.17) is 5.73 Å². The highest BCUT2D eigenvalue weighted by atomic mass is 16.6. The standard InChI is InChI=1S/C11H19N5O2/c1-3-16-6-4-8(5-7-16)15(2)11(17)9-10(12)14-18-13-9/h8H,3-7H2,1-2H3,(H2,12,14). The molecule has 0 spiro atoms. The summed E-state index contributed by atoms with van der Waals surface area (Å²) in [5.74, 6) is -0.165. The molecule has 0 aromatic carbocycles. The van der Waals surface area contributed by atoms with Crippen LogP contribution in [-0.2, 0) is 0 Å². The van der Waals surface area contributed by atoms with Gasteiger partial charge in [0.15, 0.2) is 0 Å². The molecule has 1 aromatic heterocycles. The summed E-state index contributed by atoms with van der Waals surface area (Å²) >= 11 is 0. The largest absolute Gasteiger partial charge is 0.379 e. The number of aromatic nitrogens is 2. The fourth-order valence-corrected chi connectivity index (χ4v) is 2.30. The highest BCUT2D eigenvalue weighted by Crippen LogP contribution is 2.18. The number of nitrogen functional groups attached to an aromatic ring is 1. The third-order valence-electron chi connectivity index (χ3n) is 3.59. The first kappa shape index (κ1) is 12.8. The van der Waals surface area contributed by atoms with E-state index in [1.807, 2.05) is 0 Å². The molecule has 18 heavy (non-hydrogen) atoms. The van der Waals surface area contributed by atoms with Crippen molar-refractivity contribution >= 4 is 11.7 Å². The molecule has 1 aromatic rings. The first-order valence-electron chi connectivity index (χ1n) is 6.21. The van der Waals surface area contributed by atoms with Crippen LogP contribution in [0.15, 0.2) is 4.63 Å². The third-order valence-corrected chi connectivity index (χ3v) is 3.59. The number of nitrogens with two attached hydrogens (primary N) is 1. The number of carbonyl (C=O) groups is 1. The molecule has 0 aliphatic carbocycles. The van der Waals surface area contributed by atoms with Gasteiger partial charge in [0, 0.05) is 26.2 Å². The summed E-state index contributed by atoms with van der Waals surface area (Å²) in [7, 11) is 1.78. The Hall–Kier alpha value is -1.63. The molecule has 7 heteroatoms. The fourth-order valence-electron chi connectivity index (χ4n) is 2.30. The normalized spacial score (nSPS) is 17.9. The summed E-state index contributed by atoms with van der Waals surface area (Å²) < 4.78 is 4.46. The predicted molar refractivity (Wildman–Crippen MR) is 65.9 cm³/mol. The van der Waals surface area contributed by atoms with Crippen molar-refractivity contribution in [1.82, 2.24) is 20.1 Å². The zero-order chi connectivity index (χ0) is 13.1. The molecular formula is C11H19N5O2. The predicted octanol–water partition coefficient (Wildman–Crippen LogP) is 0.208. The number of carbonyl (C=O) groups excluding carboxylic acids is 1. The lowest BCUT2D eigenvalue weighted by molar-refractivity contribution is 0.0637. The van der Waals surface area contributed by atoms with Gasteiger partial charge in [-0.2, -0.15) is 0 Å². The number of amides is 1. The monoisotopic (exact) mass is 253 g/mol. The minimum absolute atomic E-state index is 0.0536. The summed E-state index contributed by atoms with van der Waals surface area (Å²) in [5.41, 5.74) is 5.64. The fraction of sp³-hybridized carbons (Fsp3) is 0.727. The summed E-state index contributed by atoms with van der Waals surface area (Å²) in [5, 5.41) is 6.98. The minimum atomic E-state index is -0.219. The molecular weight excluding hydrogens is 234 g/mol. The topological polar surface area (TPSA) is 88.5 Å². The van der Waals surface area contributed by atoms with Crippen LogP contribution in [0.2, 0.25) is 0 Å². The van der Waals surface area contributed by atoms with E-state index in [2.05, 4.69) is 26.8 Å². The number of hydrogen-bond donors (Lipinski definition) is 1. The van der Waals surface area contributed by atoms with Crippen LogP contribution in [0.4, 0.5) is 5.82 Å². The average Bonchev–Trinajstić information content (AvgIpc) is 2.83. The average molecular weight is 253 g/mol. The molecule has 2 rings (SSSR count). The van der Waals surface area contributed by atoms with Gasteiger partial charge in [0.1, 0.15) is 0 Å². The Morgan fingerprint density at radius 1 is 1.50 bits per heavy atom. The van der Waals surface area contributed by atoms with E-state index >= 15 is 0 Å². The Kier molecular flexibility index (Phi) is 3.81. The van der Waals surface area contributed by atoms with Gasteiger partial charge < -0.3 is 15.5 Å². The van der Waals surface area contributed by atoms with Crippen LogP contribution in [0.1, 0.15) is 30.3 Å². The maximum Gasteiger partial charge on any atom is 0.280 e. The van der Waals surface area contributed by atoms with E-state index in [0.29, 0.717) is 0 Å². The molecule has 0 saturated carbocycles. The van der Waals surface area contributed by atoms with Gasteiger partial charge in [0.25, 0.3) is 5.91 Å². The van der Waals surface area contributed by atoms with Gasteiger partial charge in [-0.25, -0.2) is 4.63 Å². The lowest BCUT2D eigenvalue weighted by atomic mass is 10.0. The van der Waals surface area contributed by atoms with E-state index in [1.165, 1.54) is 0 Å². The SMILES string of the molecule is CCN1CCC(N(C)C(=O)c2nonc2N)CC1. The molecule has 1 aliphatic heterocycles. The second-order valence-electron chi connectivity index (χ2n) is 4.58. The van der Waals surface area contributed by atoms with Crippen molar-refractivity contribution < 1.29 is 9.42 Å². The lowest BCUT2D eigenvalue weighted by Gasteiger charge is -2.35. The van der Waals surface area contributed by atoms with E-state index < -0.39 is 0 Å². The van der Waals surface area contributed by atoms with Crippen LogP contribution >= 0.6 is 0 Å². The van der Waals surface area contributed by atoms with Gasteiger partial charge in [0.2, 0.25) is 11.5 Å². The Labute approximate surface area is 106 Å². The Bertz CT molecular complexity index is 411. The Balaban J connectivity index is 1.98. The summed E-state index contributed by atoms with van der Waals surface area (Å²) in [6.07, 6.45) is 1.95. The quantitative estimate of drug-likeness (QED) is 0.828. The summed E-state index contributed by atoms with van der Waals surface area (Å²) in [6.45, 7) is 5.25. The van der Waals surface area contributed by atoms with Crippen molar-refractivity contribution in [1.29, 1.82) is 0 Å². The molecule has 0 radical (unpaired) electrons. The smallest absolute Gasteiger partial charge is 0.280 e. The number of rotatable bonds is 3. The van der Waals surface area contributed by atoms with Crippen molar-refractivity contribution in [3.8, 4) is 0 Å². The van der Waals surface area contributed by atoms with E-state index in [-0.39, 0.29) is 23.5 Å². The molecule has 1 saturated heterocycles. The van der Waals surface area contributed by atoms with Crippen molar-refractivity contribution in [2.45, 2.75) is 25.8 Å². The van der Waals surface area contributed by atoms with E-state index in [0.717, 1.165) is 32.5 Å². The van der Waals surface area contributed by atoms with Crippen LogP contribution in [-0.4, -0.2) is 58.7 Å². The molecule has 0 bridgehead atoms. The number of likely N-dealkylation sites (tertiary alicyclic amines) is 1. The minimum Gasteiger partial charge on any atom is -0.379 e. The number of piperidine rings is 1. The summed E-state index contributed by atoms with van der Waals surface area (Å²) in [4.78, 5) is 16.2. The van der Waals surface area contributed by atoms with Crippen molar-refractivity contribution in [2.75, 3.05) is 32.4 Å². The van der Waals surface area contributed by atoms with Gasteiger partial charge in [0.05, 0.1) is 0 Å². The van der Waals surface area contributed by atoms with Crippen molar-refractivity contribution in [2.24, 2.45) is 0 Å². The van der Waals surface area contributed by atoms with E-state index in [1.54, 1.807) is 11.9 Å². The maximum atomic E-state index is 12.1. The van der Waals surface area contributed by atoms with Crippen LogP contribution in [0, 0.1) is 0 Å². The van der Waals surface area contributed by atoms with Crippen molar-refractivity contribution in [3.63, 3.8) is 0 Å². The van der Waals surface area contributed by atoms with Gasteiger partial charge in [-0.1, -0.05) is 6.92 Å². The Morgan fingerprint density at radius 3 is 2.67 bits per heavy atom. The second-order valence-corrected chi connectivity index (χ2v) is 4.58. The first-order chi connectivity index (χ1) is 8.63. The first-order valence-corrected chi connectivity index (χ1v) is 6.21. The molecule has 100 valence electrons. The summed E-state index contributed by atoms with van der Waals surface area (Å²) in [6, 6.07) is 0.233. The molecule has 1 aliphatic rings. The zero-order valence-corrected chi connectivity index (χ0v) is 10.8. The van der Waals surface area contributed by atoms with Crippen LogP contribution in [0.5, 0.6) is 0 Å². The second kappa shape index (κ2) is 5.34. The maximum absolute atomic E-state index is 12.1. The molecule has 2 N–H and O–H groups in total. The zero-order valence-electron chi connectivity index (χ0n) is 10.8. The highest BCUT2D eigenvalue weighted by molar-refractivity contribution is 5.96. The van der Waals surface area contributed by atoms with Gasteiger partial charge in [-0.15, -0.1) is 0 Å². The van der Waals surface area contributed by atoms with Gasteiger partial charge in [-0.3, -0.25) is 4.79 Å². The molecule has 1 amide bonds. The number of nitrogens with zero attached hydrogens (tertiary/aromatic N) is 4. The van der Waals surface area contributed by atoms with Gasteiger partial charge in [-0.05, 0) is 29.7 Å². The van der Waals surface area contributed by atoms with Crippen LogP contribution in [0.25, 0.3) is 0 Å². The van der Waals surface area contributed by atoms with Crippen molar-refractivity contribution in [3.05, 3.63) is 5.69 Å². The molecule has 2 heterocycles. The molecule has 0 atom stereocenters. The third kappa shape index (κ3) is 2.45. The van der Waals surface area contributed by atoms with Crippen LogP contribution < -0.4 is 5.73 Å². The van der Waals surface area contributed by atoms with E-state index in [9.17, 15) is 4.79 Å². The lowest BCUT2D eigenvalue weighted by Crippen LogP contribution is -2.45. The Morgan fingerprint density at radius 2 is 2.17 bits per heavy atom.